The fourth-order valence-corrected chi connectivity index (χ4v) is 3.56. The SMILES string of the molecule is Cc1c(OCC(F)(F)F)ccnc1C[S@@](=O)C1=Nc2ncccc2C1. The van der Waals surface area contributed by atoms with Gasteiger partial charge < -0.3 is 4.74 Å². The fraction of sp³-hybridized carbons (Fsp3) is 0.312. The maximum absolute atomic E-state index is 12.6. The molecule has 0 spiro atoms. The van der Waals surface area contributed by atoms with Crippen LogP contribution in [0.5, 0.6) is 5.75 Å². The van der Waals surface area contributed by atoms with E-state index in [1.165, 1.54) is 12.3 Å². The molecule has 0 N–H and O–H groups in total. The molecule has 0 saturated carbocycles. The first kappa shape index (κ1) is 17.5. The Morgan fingerprint density at radius 1 is 1.24 bits per heavy atom. The van der Waals surface area contributed by atoms with E-state index in [0.29, 0.717) is 28.5 Å². The highest BCUT2D eigenvalue weighted by Gasteiger charge is 2.29. The van der Waals surface area contributed by atoms with Crippen molar-refractivity contribution >= 4 is 21.7 Å². The van der Waals surface area contributed by atoms with Gasteiger partial charge in [0.25, 0.3) is 0 Å². The lowest BCUT2D eigenvalue weighted by molar-refractivity contribution is -0.153. The molecule has 5 nitrogen and oxygen atoms in total. The molecule has 1 atom stereocenters. The van der Waals surface area contributed by atoms with Crippen LogP contribution in [0.1, 0.15) is 16.8 Å². The number of alkyl halides is 3. The van der Waals surface area contributed by atoms with Gasteiger partial charge in [-0.15, -0.1) is 0 Å². The van der Waals surface area contributed by atoms with Crippen LogP contribution in [0.25, 0.3) is 0 Å². The van der Waals surface area contributed by atoms with Crippen LogP contribution in [-0.4, -0.2) is 32.0 Å². The number of nitrogens with zero attached hydrogens (tertiary/aromatic N) is 3. The average Bonchev–Trinajstić information content (AvgIpc) is 2.99. The molecule has 0 aliphatic carbocycles. The largest absolute Gasteiger partial charge is 0.484 e. The van der Waals surface area contributed by atoms with Crippen LogP contribution >= 0.6 is 0 Å². The monoisotopic (exact) mass is 369 g/mol. The van der Waals surface area contributed by atoms with Gasteiger partial charge in [-0.25, -0.2) is 9.98 Å². The first-order chi connectivity index (χ1) is 11.8. The summed E-state index contributed by atoms with van der Waals surface area (Å²) < 4.78 is 54.3. The second-order valence-electron chi connectivity index (χ2n) is 5.44. The smallest absolute Gasteiger partial charge is 0.422 e. The molecule has 3 rings (SSSR count). The minimum Gasteiger partial charge on any atom is -0.484 e. The zero-order valence-corrected chi connectivity index (χ0v) is 14.0. The molecule has 2 aromatic rings. The van der Waals surface area contributed by atoms with Gasteiger partial charge in [-0.05, 0) is 19.1 Å². The van der Waals surface area contributed by atoms with Crippen molar-refractivity contribution in [1.29, 1.82) is 0 Å². The molecule has 25 heavy (non-hydrogen) atoms. The molecule has 0 aromatic carbocycles. The Bertz CT molecular complexity index is 853. The van der Waals surface area contributed by atoms with Crippen molar-refractivity contribution in [2.24, 2.45) is 4.99 Å². The number of hydrogen-bond donors (Lipinski definition) is 0. The van der Waals surface area contributed by atoms with E-state index in [2.05, 4.69) is 15.0 Å². The van der Waals surface area contributed by atoms with Gasteiger partial charge in [-0.1, -0.05) is 6.07 Å². The number of pyridine rings is 2. The number of hydrogen-bond acceptors (Lipinski definition) is 5. The minimum absolute atomic E-state index is 0.0574. The van der Waals surface area contributed by atoms with E-state index >= 15 is 0 Å². The first-order valence-corrected chi connectivity index (χ1v) is 8.69. The van der Waals surface area contributed by atoms with E-state index in [9.17, 15) is 17.4 Å². The number of aliphatic imine (C=N–C) groups is 1. The minimum atomic E-state index is -4.42. The summed E-state index contributed by atoms with van der Waals surface area (Å²) in [5.41, 5.74) is 1.76. The Hall–Kier alpha value is -2.29. The predicted molar refractivity (Wildman–Crippen MR) is 87.4 cm³/mol. The Morgan fingerprint density at radius 3 is 2.76 bits per heavy atom. The molecule has 2 aromatic heterocycles. The lowest BCUT2D eigenvalue weighted by Crippen LogP contribution is -2.20. The van der Waals surface area contributed by atoms with Crippen molar-refractivity contribution in [2.75, 3.05) is 6.61 Å². The van der Waals surface area contributed by atoms with E-state index in [-0.39, 0.29) is 11.5 Å². The summed E-state index contributed by atoms with van der Waals surface area (Å²) >= 11 is 0. The molecule has 0 amide bonds. The Balaban J connectivity index is 1.72. The van der Waals surface area contributed by atoms with Crippen molar-refractivity contribution in [3.8, 4) is 5.75 Å². The summed E-state index contributed by atoms with van der Waals surface area (Å²) in [6.45, 7) is 0.214. The van der Waals surface area contributed by atoms with Gasteiger partial charge in [0.05, 0.1) is 22.2 Å². The summed E-state index contributed by atoms with van der Waals surface area (Å²) in [5.74, 6) is 0.692. The normalized spacial score (nSPS) is 14.8. The van der Waals surface area contributed by atoms with Gasteiger partial charge in [-0.2, -0.15) is 13.2 Å². The Labute approximate surface area is 144 Å². The molecular weight excluding hydrogens is 355 g/mol. The molecule has 0 fully saturated rings. The van der Waals surface area contributed by atoms with Crippen LogP contribution in [0, 0.1) is 6.92 Å². The topological polar surface area (TPSA) is 64.4 Å². The molecule has 0 bridgehead atoms. The molecule has 132 valence electrons. The molecule has 1 aliphatic rings. The van der Waals surface area contributed by atoms with Gasteiger partial charge in [0.2, 0.25) is 0 Å². The Kier molecular flexibility index (Phi) is 4.85. The molecule has 0 radical (unpaired) electrons. The molecule has 0 saturated heterocycles. The summed E-state index contributed by atoms with van der Waals surface area (Å²) in [5, 5.41) is 0.483. The summed E-state index contributed by atoms with van der Waals surface area (Å²) in [6.07, 6.45) is -1.02. The zero-order chi connectivity index (χ0) is 18.0. The zero-order valence-electron chi connectivity index (χ0n) is 13.2. The Morgan fingerprint density at radius 2 is 2.04 bits per heavy atom. The van der Waals surface area contributed by atoms with Gasteiger partial charge in [-0.3, -0.25) is 9.19 Å². The van der Waals surface area contributed by atoms with Crippen molar-refractivity contribution in [3.63, 3.8) is 0 Å². The second kappa shape index (κ2) is 6.91. The number of aromatic nitrogens is 2. The van der Waals surface area contributed by atoms with E-state index in [1.807, 2.05) is 6.07 Å². The summed E-state index contributed by atoms with van der Waals surface area (Å²) in [7, 11) is -1.44. The average molecular weight is 369 g/mol. The fourth-order valence-electron chi connectivity index (χ4n) is 2.35. The van der Waals surface area contributed by atoms with E-state index in [4.69, 9.17) is 4.74 Å². The summed E-state index contributed by atoms with van der Waals surface area (Å²) in [4.78, 5) is 12.5. The lowest BCUT2D eigenvalue weighted by Gasteiger charge is -2.13. The quantitative estimate of drug-likeness (QED) is 0.830. The second-order valence-corrected chi connectivity index (χ2v) is 6.89. The third-order valence-corrected chi connectivity index (χ3v) is 4.92. The van der Waals surface area contributed by atoms with Gasteiger partial charge in [0.15, 0.2) is 12.4 Å². The summed E-state index contributed by atoms with van der Waals surface area (Å²) in [6, 6.07) is 5.01. The van der Waals surface area contributed by atoms with Crippen LogP contribution in [-0.2, 0) is 23.0 Å². The van der Waals surface area contributed by atoms with Crippen LogP contribution in [0.4, 0.5) is 19.0 Å². The highest BCUT2D eigenvalue weighted by molar-refractivity contribution is 8.00. The van der Waals surface area contributed by atoms with Crippen LogP contribution in [0.15, 0.2) is 35.6 Å². The van der Waals surface area contributed by atoms with Crippen LogP contribution in [0.3, 0.4) is 0 Å². The molecule has 9 heteroatoms. The van der Waals surface area contributed by atoms with Gasteiger partial charge >= 0.3 is 6.18 Å². The third-order valence-electron chi connectivity index (χ3n) is 3.62. The number of rotatable bonds is 4. The molecule has 1 aliphatic heterocycles. The number of ether oxygens (including phenoxy) is 1. The first-order valence-electron chi connectivity index (χ1n) is 7.37. The number of halogens is 3. The standard InChI is InChI=1S/C16H14F3N3O2S/c1-10-12(20-6-4-13(10)24-9-16(17,18)19)8-25(23)14-7-11-3-2-5-21-15(11)22-14/h2-6H,7-9H2,1H3/t25-/m1/s1. The van der Waals surface area contributed by atoms with E-state index in [0.717, 1.165) is 5.56 Å². The predicted octanol–water partition coefficient (Wildman–Crippen LogP) is 3.26. The van der Waals surface area contributed by atoms with Gasteiger partial charge in [0, 0.05) is 29.9 Å². The van der Waals surface area contributed by atoms with Crippen LogP contribution < -0.4 is 4.74 Å². The maximum Gasteiger partial charge on any atom is 0.422 e. The van der Waals surface area contributed by atoms with Crippen molar-refractivity contribution in [2.45, 2.75) is 25.3 Å². The molecule has 0 unspecified atom stereocenters. The van der Waals surface area contributed by atoms with Crippen molar-refractivity contribution in [1.82, 2.24) is 9.97 Å². The van der Waals surface area contributed by atoms with E-state index < -0.39 is 23.6 Å². The highest BCUT2D eigenvalue weighted by Crippen LogP contribution is 2.27. The number of fused-ring (bicyclic) bond motifs is 1. The lowest BCUT2D eigenvalue weighted by atomic mass is 10.2. The van der Waals surface area contributed by atoms with Gasteiger partial charge in [0.1, 0.15) is 10.8 Å². The van der Waals surface area contributed by atoms with Crippen molar-refractivity contribution < 1.29 is 22.1 Å². The highest BCUT2D eigenvalue weighted by atomic mass is 32.2. The maximum atomic E-state index is 12.6. The van der Waals surface area contributed by atoms with E-state index in [1.54, 1.807) is 19.2 Å². The third kappa shape index (κ3) is 4.22. The molecule has 3 heterocycles. The van der Waals surface area contributed by atoms with Crippen LogP contribution in [0.2, 0.25) is 0 Å². The van der Waals surface area contributed by atoms with Crippen molar-refractivity contribution in [3.05, 3.63) is 47.4 Å². The molecular formula is C16H14F3N3O2S.